The predicted octanol–water partition coefficient (Wildman–Crippen LogP) is 14.5. The second-order valence-electron chi connectivity index (χ2n) is 14.9. The average molecular weight is 1030 g/mol. The number of nitrogens with zero attached hydrogens (tertiary/aromatic N) is 6. The molecule has 0 fully saturated rings. The van der Waals surface area contributed by atoms with Gasteiger partial charge in [0.25, 0.3) is 0 Å². The van der Waals surface area contributed by atoms with Crippen LogP contribution in [0.4, 0.5) is 0 Å². The fourth-order valence-electron chi connectivity index (χ4n) is 8.86. The predicted molar refractivity (Wildman–Crippen MR) is 257 cm³/mol. The molecule has 12 heteroatoms. The lowest BCUT2D eigenvalue weighted by Crippen LogP contribution is -1.87. The molecule has 60 heavy (non-hydrogen) atoms. The normalized spacial score (nSPS) is 12.3. The molecule has 13 rings (SSSR count). The van der Waals surface area contributed by atoms with E-state index in [4.69, 9.17) is 29.9 Å². The van der Waals surface area contributed by atoms with Crippen LogP contribution >= 0.6 is 63.7 Å². The zero-order valence-corrected chi connectivity index (χ0v) is 37.1. The van der Waals surface area contributed by atoms with E-state index in [0.717, 1.165) is 105 Å². The van der Waals surface area contributed by atoms with Gasteiger partial charge in [0, 0.05) is 61.7 Å². The molecule has 0 atom stereocenters. The van der Waals surface area contributed by atoms with Crippen molar-refractivity contribution in [1.29, 1.82) is 0 Å². The van der Waals surface area contributed by atoms with E-state index in [2.05, 4.69) is 146 Å². The molecule has 0 saturated heterocycles. The van der Waals surface area contributed by atoms with Gasteiger partial charge < -0.3 is 9.97 Å². The lowest BCUT2D eigenvalue weighted by atomic mass is 10.0. The van der Waals surface area contributed by atoms with E-state index >= 15 is 0 Å². The van der Waals surface area contributed by atoms with Gasteiger partial charge in [0.2, 0.25) is 0 Å². The summed E-state index contributed by atoms with van der Waals surface area (Å²) in [4.78, 5) is 39.3. The SMILES string of the molecule is Brc1c2c(cc3ccccc13)-c1nc-2nc2[nH]c(nc3nc(nc4[nH]c(n1)c1c(Br)c5ccccc5cc41)-c1c-3cc3ccccc3c1Br)c1c(Br)c3ccccc3cc21. The Hall–Kier alpha value is -5.92. The molecule has 0 spiro atoms. The minimum absolute atomic E-state index is 0.521. The maximum atomic E-state index is 5.38. The number of hydrogen-bond donors (Lipinski definition) is 2. The average Bonchev–Trinajstić information content (AvgIpc) is 3.99. The van der Waals surface area contributed by atoms with Crippen molar-refractivity contribution in [2.24, 2.45) is 0 Å². The van der Waals surface area contributed by atoms with Crippen molar-refractivity contribution in [2.75, 3.05) is 0 Å². The smallest absolute Gasteiger partial charge is 0.165 e. The molecule has 8 nitrogen and oxygen atoms in total. The molecule has 5 heterocycles. The highest BCUT2D eigenvalue weighted by Crippen LogP contribution is 2.47. The zero-order valence-electron chi connectivity index (χ0n) is 30.7. The highest BCUT2D eigenvalue weighted by atomic mass is 79.9. The third kappa shape index (κ3) is 4.93. The lowest BCUT2D eigenvalue weighted by Gasteiger charge is -2.07. The fourth-order valence-corrected chi connectivity index (χ4v) is 11.9. The first kappa shape index (κ1) is 34.9. The van der Waals surface area contributed by atoms with Crippen molar-refractivity contribution in [3.63, 3.8) is 0 Å². The van der Waals surface area contributed by atoms with Gasteiger partial charge >= 0.3 is 0 Å². The molecule has 2 N–H and O–H groups in total. The Kier molecular flexibility index (Phi) is 7.44. The quantitative estimate of drug-likeness (QED) is 0.157. The Labute approximate surface area is 372 Å². The first-order valence-electron chi connectivity index (χ1n) is 19.1. The molecule has 0 unspecified atom stereocenters. The van der Waals surface area contributed by atoms with E-state index in [1.807, 2.05) is 48.5 Å². The molecule has 8 aromatic carbocycles. The number of halogens is 4. The van der Waals surface area contributed by atoms with E-state index in [-0.39, 0.29) is 0 Å². The number of fused-ring (bicyclic) bond motifs is 24. The van der Waals surface area contributed by atoms with Crippen molar-refractivity contribution in [1.82, 2.24) is 39.9 Å². The van der Waals surface area contributed by atoms with Crippen LogP contribution in [0.3, 0.4) is 0 Å². The van der Waals surface area contributed by atoms with Crippen molar-refractivity contribution in [3.8, 4) is 45.6 Å². The molecule has 3 aromatic heterocycles. The summed E-state index contributed by atoms with van der Waals surface area (Å²) in [6.45, 7) is 0. The third-order valence-electron chi connectivity index (χ3n) is 11.6. The maximum absolute atomic E-state index is 5.38. The summed E-state index contributed by atoms with van der Waals surface area (Å²) in [5.74, 6) is 2.09. The van der Waals surface area contributed by atoms with Crippen LogP contribution < -0.4 is 0 Å². The molecular formula is C48H22Br4N8. The number of hydrogen-bond acceptors (Lipinski definition) is 6. The van der Waals surface area contributed by atoms with Crippen LogP contribution in [0, 0.1) is 0 Å². The first-order chi connectivity index (χ1) is 29.4. The Balaban J connectivity index is 1.27. The molecular weight excluding hydrogens is 1010 g/mol. The molecule has 8 bridgehead atoms. The second kappa shape index (κ2) is 12.8. The largest absolute Gasteiger partial charge is 0.324 e. The van der Waals surface area contributed by atoms with Crippen LogP contribution in [0.2, 0.25) is 0 Å². The molecule has 0 amide bonds. The molecule has 0 aliphatic carbocycles. The van der Waals surface area contributed by atoms with Crippen LogP contribution in [0.1, 0.15) is 0 Å². The number of nitrogens with one attached hydrogen (secondary N) is 2. The third-order valence-corrected chi connectivity index (χ3v) is 14.9. The van der Waals surface area contributed by atoms with E-state index in [9.17, 15) is 0 Å². The van der Waals surface area contributed by atoms with E-state index < -0.39 is 0 Å². The summed E-state index contributed by atoms with van der Waals surface area (Å²) in [6.07, 6.45) is 0. The summed E-state index contributed by atoms with van der Waals surface area (Å²) in [5, 5.41) is 12.0. The number of H-pyrrole nitrogens is 2. The number of aromatic amines is 2. The van der Waals surface area contributed by atoms with E-state index in [1.54, 1.807) is 0 Å². The number of aromatic nitrogens is 8. The van der Waals surface area contributed by atoms with Gasteiger partial charge in [-0.1, -0.05) is 97.1 Å². The Bertz CT molecular complexity index is 3710. The van der Waals surface area contributed by atoms with Gasteiger partial charge in [-0.2, -0.15) is 0 Å². The zero-order chi connectivity index (χ0) is 40.0. The van der Waals surface area contributed by atoms with E-state index in [0.29, 0.717) is 45.9 Å². The minimum atomic E-state index is 0.521. The standard InChI is InChI=1S/C48H22Br4N8/c49-37-25-13-5-1-9-21(25)17-29-33(37)45-53-41(29)57-46-34-30(18-22-10-2-6-14-26(22)38(34)50)43(54-46)59-48-36-32(20-24-12-4-8-16-28(24)40(36)52)44(56-48)60-47-35-31(42(55-47)58-45)19-23-11-3-7-15-27(23)39(35)51/h1-20H,(H2,53,54,55,56,57,58,59,60). The summed E-state index contributed by atoms with van der Waals surface area (Å²) in [5.41, 5.74) is 5.87. The Morgan fingerprint density at radius 3 is 1.05 bits per heavy atom. The molecule has 2 aliphatic rings. The number of rotatable bonds is 0. The minimum Gasteiger partial charge on any atom is -0.324 e. The van der Waals surface area contributed by atoms with Crippen molar-refractivity contribution >= 4 is 151 Å². The Morgan fingerprint density at radius 2 is 0.650 bits per heavy atom. The fraction of sp³-hybridized carbons (Fsp3) is 0. The topological polar surface area (TPSA) is 109 Å². The summed E-state index contributed by atoms with van der Waals surface area (Å²) in [6, 6.07) is 41.8. The van der Waals surface area contributed by atoms with Crippen molar-refractivity contribution in [3.05, 3.63) is 139 Å². The monoisotopic (exact) mass is 1030 g/mol. The van der Waals surface area contributed by atoms with Gasteiger partial charge in [0.1, 0.15) is 22.6 Å². The van der Waals surface area contributed by atoms with Crippen molar-refractivity contribution in [2.45, 2.75) is 0 Å². The lowest BCUT2D eigenvalue weighted by molar-refractivity contribution is 1.19. The van der Waals surface area contributed by atoms with Crippen LogP contribution in [0.15, 0.2) is 139 Å². The van der Waals surface area contributed by atoms with Crippen molar-refractivity contribution < 1.29 is 0 Å². The highest BCUT2D eigenvalue weighted by Gasteiger charge is 2.28. The van der Waals surface area contributed by atoms with E-state index in [1.165, 1.54) is 0 Å². The summed E-state index contributed by atoms with van der Waals surface area (Å²) in [7, 11) is 0. The van der Waals surface area contributed by atoms with Crippen LogP contribution in [-0.4, -0.2) is 39.9 Å². The molecule has 2 aliphatic heterocycles. The van der Waals surface area contributed by atoms with Crippen LogP contribution in [-0.2, 0) is 0 Å². The Morgan fingerprint density at radius 1 is 0.317 bits per heavy atom. The van der Waals surface area contributed by atoms with Gasteiger partial charge in [-0.15, -0.1) is 0 Å². The molecule has 11 aromatic rings. The van der Waals surface area contributed by atoms with Crippen LogP contribution in [0.5, 0.6) is 0 Å². The molecule has 0 radical (unpaired) electrons. The maximum Gasteiger partial charge on any atom is 0.165 e. The van der Waals surface area contributed by atoms with Gasteiger partial charge in [0.15, 0.2) is 23.3 Å². The van der Waals surface area contributed by atoms with Gasteiger partial charge in [-0.3, -0.25) is 0 Å². The summed E-state index contributed by atoms with van der Waals surface area (Å²) >= 11 is 16.0. The van der Waals surface area contributed by atoms with Gasteiger partial charge in [-0.05, 0) is 131 Å². The van der Waals surface area contributed by atoms with Gasteiger partial charge in [0.05, 0.1) is 0 Å². The van der Waals surface area contributed by atoms with Crippen LogP contribution in [0.25, 0.3) is 133 Å². The molecule has 282 valence electrons. The first-order valence-corrected chi connectivity index (χ1v) is 22.2. The number of benzene rings is 8. The summed E-state index contributed by atoms with van der Waals surface area (Å²) < 4.78 is 3.60. The highest BCUT2D eigenvalue weighted by molar-refractivity contribution is 9.11. The molecule has 0 saturated carbocycles. The van der Waals surface area contributed by atoms with Gasteiger partial charge in [-0.25, -0.2) is 29.9 Å². The second-order valence-corrected chi connectivity index (χ2v) is 18.1.